The van der Waals surface area contributed by atoms with Crippen LogP contribution in [0.4, 0.5) is 0 Å². The number of aliphatic imine (C=N–C) groups is 4. The van der Waals surface area contributed by atoms with E-state index in [1.165, 1.54) is 24.3 Å². The van der Waals surface area contributed by atoms with Gasteiger partial charge in [0.2, 0.25) is 24.3 Å². The van der Waals surface area contributed by atoms with E-state index in [2.05, 4.69) is 25.1 Å². The van der Waals surface area contributed by atoms with Gasteiger partial charge in [-0.05, 0) is 77.0 Å². The van der Waals surface area contributed by atoms with Gasteiger partial charge in [0.25, 0.3) is 6.08 Å². The van der Waals surface area contributed by atoms with Crippen LogP contribution in [0.25, 0.3) is 0 Å². The highest BCUT2D eigenvalue weighted by Crippen LogP contribution is 2.07. The maximum Gasteiger partial charge on any atom is 0.358 e. The van der Waals surface area contributed by atoms with Crippen molar-refractivity contribution >= 4 is 30.4 Å². The van der Waals surface area contributed by atoms with E-state index in [9.17, 15) is 67.1 Å². The second-order valence-corrected chi connectivity index (χ2v) is 18.6. The minimum atomic E-state index is -1.11. The zero-order valence-electron chi connectivity index (χ0n) is 44.4. The molecule has 3 aromatic rings. The fourth-order valence-electron chi connectivity index (χ4n) is 8.87. The molecular weight excluding hydrogens is 1020 g/mol. The van der Waals surface area contributed by atoms with Crippen molar-refractivity contribution in [2.45, 2.75) is 206 Å². The number of hydrogen-bond donors (Lipinski definition) is 0. The van der Waals surface area contributed by atoms with Crippen molar-refractivity contribution in [3.8, 4) is 0 Å². The average Bonchev–Trinajstić information content (AvgIpc) is 3.47. The Kier molecular flexibility index (Phi) is 31.2. The lowest BCUT2D eigenvalue weighted by Gasteiger charge is -2.15. The second-order valence-electron chi connectivity index (χ2n) is 18.6. The standard InChI is InChI=1S/C50H72N14O14/c65-37-51-25-13-1-5-17-29-56-42(70)57(30-18-6-2-14-26-52-38-66)44(72)59(43(56)71)32-21-9-10-22-33-60-45(73)58(31-19-7-3-15-27-53-39-67)46(74)61(47(60)75)34-23-11-12-24-36-63-48(76)62(35-20-8-4-16-28-54-40-68)49(77)64(50(63)78)55-41-69/h1-36H2. The third kappa shape index (κ3) is 20.9. The highest BCUT2D eigenvalue weighted by atomic mass is 16.2. The summed E-state index contributed by atoms with van der Waals surface area (Å²) in [5, 5.41) is 3.21. The molecule has 3 heterocycles. The molecule has 78 heavy (non-hydrogen) atoms. The molecule has 28 nitrogen and oxygen atoms in total. The normalized spacial score (nSPS) is 10.8. The smallest absolute Gasteiger partial charge is 0.247 e. The molecular formula is C50H72N14O14. The molecule has 0 aliphatic heterocycles. The SMILES string of the molecule is O=C=NCCCCCCn1c(=O)n(CCCCCCN=C=O)c(=O)n(CCCCCCn2c(=O)n(CCCCCCN=C=O)c(=O)n(CCCCCCn3c(=O)n(CCCCCCN=C=O)c(=O)n(N=C=O)c3=O)c2=O)c1=O. The van der Waals surface area contributed by atoms with Crippen LogP contribution in [-0.4, -0.2) is 97.8 Å². The molecule has 0 bridgehead atoms. The largest absolute Gasteiger partial charge is 0.358 e. The van der Waals surface area contributed by atoms with E-state index in [4.69, 9.17) is 0 Å². The Morgan fingerprint density at radius 1 is 0.218 bits per heavy atom. The third-order valence-corrected chi connectivity index (χ3v) is 13.1. The van der Waals surface area contributed by atoms with Crippen molar-refractivity contribution in [2.24, 2.45) is 25.1 Å². The van der Waals surface area contributed by atoms with E-state index in [1.54, 1.807) is 0 Å². The number of aromatic nitrogens is 9. The topological polar surface area (TPSA) is 345 Å². The summed E-state index contributed by atoms with van der Waals surface area (Å²) < 4.78 is 8.13. The molecule has 0 N–H and O–H groups in total. The van der Waals surface area contributed by atoms with Gasteiger partial charge in [-0.15, -0.1) is 4.68 Å². The predicted octanol–water partition coefficient (Wildman–Crippen LogP) is 1.35. The predicted molar refractivity (Wildman–Crippen MR) is 284 cm³/mol. The molecule has 0 spiro atoms. The fourth-order valence-corrected chi connectivity index (χ4v) is 8.87. The van der Waals surface area contributed by atoms with E-state index >= 15 is 0 Å². The first kappa shape index (κ1) is 64.4. The van der Waals surface area contributed by atoms with Crippen LogP contribution in [-0.2, 0) is 76.3 Å². The Bertz CT molecular complexity index is 3140. The Morgan fingerprint density at radius 2 is 0.385 bits per heavy atom. The van der Waals surface area contributed by atoms with Gasteiger partial charge in [0.05, 0.1) is 26.2 Å². The van der Waals surface area contributed by atoms with Gasteiger partial charge < -0.3 is 0 Å². The minimum absolute atomic E-state index is 0.00286. The van der Waals surface area contributed by atoms with Crippen LogP contribution in [0.15, 0.2) is 68.2 Å². The molecule has 0 unspecified atom stereocenters. The van der Waals surface area contributed by atoms with E-state index in [0.29, 0.717) is 174 Å². The molecule has 0 atom stereocenters. The summed E-state index contributed by atoms with van der Waals surface area (Å²) in [4.78, 5) is 188. The molecule has 0 saturated carbocycles. The zero-order valence-corrected chi connectivity index (χ0v) is 44.4. The third-order valence-electron chi connectivity index (χ3n) is 13.1. The number of hydrogen-bond acceptors (Lipinski definition) is 19. The van der Waals surface area contributed by atoms with Gasteiger partial charge in [-0.25, -0.2) is 124 Å². The monoisotopic (exact) mass is 1090 g/mol. The molecule has 0 saturated heterocycles. The van der Waals surface area contributed by atoms with Gasteiger partial charge in [0, 0.05) is 52.4 Å². The zero-order chi connectivity index (χ0) is 56.9. The van der Waals surface area contributed by atoms with Crippen molar-refractivity contribution in [1.82, 2.24) is 41.2 Å². The quantitative estimate of drug-likeness (QED) is 0.0439. The van der Waals surface area contributed by atoms with Crippen molar-refractivity contribution in [1.29, 1.82) is 0 Å². The van der Waals surface area contributed by atoms with E-state index in [1.807, 2.05) is 0 Å². The van der Waals surface area contributed by atoms with Crippen molar-refractivity contribution in [3.05, 3.63) is 94.4 Å². The summed E-state index contributed by atoms with van der Waals surface area (Å²) in [5.41, 5.74) is -7.58. The molecule has 0 amide bonds. The van der Waals surface area contributed by atoms with Crippen LogP contribution < -0.4 is 51.2 Å². The Hall–Kier alpha value is -7.87. The van der Waals surface area contributed by atoms with Crippen LogP contribution in [0.2, 0.25) is 0 Å². The van der Waals surface area contributed by atoms with Gasteiger partial charge >= 0.3 is 51.2 Å². The van der Waals surface area contributed by atoms with Gasteiger partial charge in [0.1, 0.15) is 0 Å². The molecule has 0 fully saturated rings. The van der Waals surface area contributed by atoms with Gasteiger partial charge in [0.15, 0.2) is 0 Å². The van der Waals surface area contributed by atoms with Gasteiger partial charge in [-0.2, -0.15) is 0 Å². The molecule has 0 aliphatic carbocycles. The molecule has 3 rings (SSSR count). The molecule has 3 aromatic heterocycles. The van der Waals surface area contributed by atoms with Gasteiger partial charge in [-0.1, -0.05) is 82.2 Å². The number of rotatable bonds is 43. The Labute approximate surface area is 446 Å². The lowest BCUT2D eigenvalue weighted by atomic mass is 10.2. The number of unbranched alkanes of at least 4 members (excludes halogenated alkanes) is 18. The maximum absolute atomic E-state index is 13.9. The highest BCUT2D eigenvalue weighted by molar-refractivity contribution is 5.33. The molecule has 0 aromatic carbocycles. The lowest BCUT2D eigenvalue weighted by Crippen LogP contribution is -2.54. The van der Waals surface area contributed by atoms with E-state index in [-0.39, 0.29) is 63.5 Å². The average molecular weight is 1090 g/mol. The molecule has 426 valence electrons. The summed E-state index contributed by atoms with van der Waals surface area (Å²) in [7, 11) is 0. The second kappa shape index (κ2) is 37.8. The summed E-state index contributed by atoms with van der Waals surface area (Å²) in [5.74, 6) is 0. The lowest BCUT2D eigenvalue weighted by molar-refractivity contribution is 0.401. The summed E-state index contributed by atoms with van der Waals surface area (Å²) in [6.07, 6.45) is 19.5. The molecule has 0 radical (unpaired) electrons. The number of nitrogens with zero attached hydrogens (tertiary/aromatic N) is 14. The maximum atomic E-state index is 13.9. The minimum Gasteiger partial charge on any atom is -0.247 e. The first-order chi connectivity index (χ1) is 37.9. The van der Waals surface area contributed by atoms with Crippen LogP contribution in [0.1, 0.15) is 154 Å². The number of carbonyl (C=O) groups excluding carboxylic acids is 5. The summed E-state index contributed by atoms with van der Waals surface area (Å²) >= 11 is 0. The van der Waals surface area contributed by atoms with Crippen molar-refractivity contribution in [3.63, 3.8) is 0 Å². The first-order valence-corrected chi connectivity index (χ1v) is 27.0. The van der Waals surface area contributed by atoms with E-state index in [0.717, 1.165) is 42.6 Å². The highest BCUT2D eigenvalue weighted by Gasteiger charge is 2.19. The molecule has 28 heteroatoms. The van der Waals surface area contributed by atoms with Crippen LogP contribution >= 0.6 is 0 Å². The number of isocyanates is 5. The van der Waals surface area contributed by atoms with Crippen LogP contribution in [0.3, 0.4) is 0 Å². The van der Waals surface area contributed by atoms with Crippen LogP contribution in [0, 0.1) is 0 Å². The van der Waals surface area contributed by atoms with Crippen molar-refractivity contribution < 1.29 is 24.0 Å². The fraction of sp³-hybridized carbons (Fsp3) is 0.720. The first-order valence-electron chi connectivity index (χ1n) is 27.0. The Balaban J connectivity index is 1.74. The van der Waals surface area contributed by atoms with Gasteiger partial charge in [-0.3, -0.25) is 0 Å². The molecule has 0 aliphatic rings. The summed E-state index contributed by atoms with van der Waals surface area (Å²) in [6, 6.07) is 0. The van der Waals surface area contributed by atoms with Crippen LogP contribution in [0.5, 0.6) is 0 Å². The van der Waals surface area contributed by atoms with E-state index < -0.39 is 51.2 Å². The summed E-state index contributed by atoms with van der Waals surface area (Å²) in [6.45, 7) is 1.14. The van der Waals surface area contributed by atoms with Crippen molar-refractivity contribution in [2.75, 3.05) is 26.2 Å². The Morgan fingerprint density at radius 3 is 0.551 bits per heavy atom.